The Labute approximate surface area is 117 Å². The Hall–Kier alpha value is -1.24. The number of hydrogen-bond acceptors (Lipinski definition) is 5. The molecule has 2 bridgehead atoms. The third-order valence-electron chi connectivity index (χ3n) is 4.75. The molecule has 3 fully saturated rings. The molecule has 3 saturated heterocycles. The highest BCUT2D eigenvalue weighted by molar-refractivity contribution is 6.06. The summed E-state index contributed by atoms with van der Waals surface area (Å²) >= 11 is 0. The number of amides is 2. The van der Waals surface area contributed by atoms with Crippen molar-refractivity contribution in [1.82, 2.24) is 9.80 Å². The van der Waals surface area contributed by atoms with Gasteiger partial charge in [0.25, 0.3) is 0 Å². The molecule has 0 aromatic heterocycles. The molecule has 20 heavy (non-hydrogen) atoms. The number of ether oxygens (including phenoxy) is 2. The van der Waals surface area contributed by atoms with Gasteiger partial charge in [0.05, 0.1) is 37.3 Å². The molecule has 0 N–H and O–H groups in total. The highest BCUT2D eigenvalue weighted by Crippen LogP contribution is 2.44. The molecule has 4 aliphatic rings. The van der Waals surface area contributed by atoms with Crippen molar-refractivity contribution in [3.63, 3.8) is 0 Å². The lowest BCUT2D eigenvalue weighted by molar-refractivity contribution is -0.142. The predicted molar refractivity (Wildman–Crippen MR) is 68.8 cm³/mol. The fraction of sp³-hybridized carbons (Fsp3) is 0.714. The van der Waals surface area contributed by atoms with Gasteiger partial charge in [-0.2, -0.15) is 0 Å². The predicted octanol–water partition coefficient (Wildman–Crippen LogP) is -0.743. The van der Waals surface area contributed by atoms with Crippen LogP contribution in [0.5, 0.6) is 0 Å². The zero-order valence-corrected chi connectivity index (χ0v) is 11.2. The normalized spacial score (nSPS) is 39.9. The quantitative estimate of drug-likeness (QED) is 0.502. The first-order chi connectivity index (χ1) is 9.75. The van der Waals surface area contributed by atoms with Gasteiger partial charge in [-0.15, -0.1) is 0 Å². The van der Waals surface area contributed by atoms with E-state index in [1.807, 2.05) is 12.2 Å². The van der Waals surface area contributed by atoms with Crippen LogP contribution in [0.2, 0.25) is 0 Å². The summed E-state index contributed by atoms with van der Waals surface area (Å²) in [6, 6.07) is 0. The number of nitrogens with zero attached hydrogens (tertiary/aromatic N) is 2. The van der Waals surface area contributed by atoms with Crippen molar-refractivity contribution in [3.05, 3.63) is 12.2 Å². The van der Waals surface area contributed by atoms with E-state index in [9.17, 15) is 9.59 Å². The zero-order valence-electron chi connectivity index (χ0n) is 11.2. The van der Waals surface area contributed by atoms with Crippen LogP contribution in [0.3, 0.4) is 0 Å². The van der Waals surface area contributed by atoms with Gasteiger partial charge in [0.2, 0.25) is 11.8 Å². The Morgan fingerprint density at radius 1 is 1.00 bits per heavy atom. The molecule has 4 rings (SSSR count). The van der Waals surface area contributed by atoms with Crippen molar-refractivity contribution in [3.8, 4) is 0 Å². The van der Waals surface area contributed by atoms with Gasteiger partial charge in [-0.05, 0) is 0 Å². The average molecular weight is 278 g/mol. The summed E-state index contributed by atoms with van der Waals surface area (Å²) in [5.41, 5.74) is 0. The Morgan fingerprint density at radius 3 is 2.20 bits per heavy atom. The van der Waals surface area contributed by atoms with Crippen LogP contribution >= 0.6 is 0 Å². The number of morpholine rings is 1. The summed E-state index contributed by atoms with van der Waals surface area (Å²) in [6.45, 7) is 4.44. The topological polar surface area (TPSA) is 59.1 Å². The monoisotopic (exact) mass is 278 g/mol. The second-order valence-electron chi connectivity index (χ2n) is 5.78. The van der Waals surface area contributed by atoms with Crippen LogP contribution in [0.1, 0.15) is 0 Å². The van der Waals surface area contributed by atoms with E-state index in [1.54, 1.807) is 0 Å². The summed E-state index contributed by atoms with van der Waals surface area (Å²) in [5.74, 6) is -0.653. The maximum absolute atomic E-state index is 12.4. The van der Waals surface area contributed by atoms with Crippen molar-refractivity contribution in [1.29, 1.82) is 0 Å². The Kier molecular flexibility index (Phi) is 2.90. The Bertz CT molecular complexity index is 442. The lowest BCUT2D eigenvalue weighted by atomic mass is 9.85. The molecule has 2 amide bonds. The average Bonchev–Trinajstić information content (AvgIpc) is 3.13. The lowest BCUT2D eigenvalue weighted by Crippen LogP contribution is -2.44. The van der Waals surface area contributed by atoms with Crippen LogP contribution in [-0.4, -0.2) is 73.2 Å². The maximum atomic E-state index is 12.4. The SMILES string of the molecule is O=C1[C@@H]2C3C=CC(O3)[C@@H]2C(=O)N1CCN1CCOCC1. The number of carbonyl (C=O) groups is 2. The first kappa shape index (κ1) is 12.5. The van der Waals surface area contributed by atoms with Gasteiger partial charge in [0.1, 0.15) is 0 Å². The molecule has 0 saturated carbocycles. The van der Waals surface area contributed by atoms with Crippen molar-refractivity contribution in [2.24, 2.45) is 11.8 Å². The smallest absolute Gasteiger partial charge is 0.236 e. The van der Waals surface area contributed by atoms with E-state index in [-0.39, 0.29) is 35.9 Å². The number of likely N-dealkylation sites (tertiary alicyclic amines) is 1. The molecule has 0 radical (unpaired) electrons. The highest BCUT2D eigenvalue weighted by Gasteiger charge is 2.60. The van der Waals surface area contributed by atoms with Gasteiger partial charge >= 0.3 is 0 Å². The van der Waals surface area contributed by atoms with Gasteiger partial charge < -0.3 is 9.47 Å². The summed E-state index contributed by atoms with van der Waals surface area (Å²) in [5, 5.41) is 0. The number of carbonyl (C=O) groups excluding carboxylic acids is 2. The summed E-state index contributed by atoms with van der Waals surface area (Å²) < 4.78 is 10.9. The first-order valence-corrected chi connectivity index (χ1v) is 7.25. The second-order valence-corrected chi connectivity index (χ2v) is 5.78. The maximum Gasteiger partial charge on any atom is 0.236 e. The second kappa shape index (κ2) is 4.65. The van der Waals surface area contributed by atoms with Crippen LogP contribution in [0, 0.1) is 11.8 Å². The van der Waals surface area contributed by atoms with Gasteiger partial charge in [0, 0.05) is 26.2 Å². The van der Waals surface area contributed by atoms with Crippen LogP contribution in [0.15, 0.2) is 12.2 Å². The molecular weight excluding hydrogens is 260 g/mol. The van der Waals surface area contributed by atoms with Crippen molar-refractivity contribution >= 4 is 11.8 Å². The molecule has 4 aliphatic heterocycles. The van der Waals surface area contributed by atoms with Gasteiger partial charge in [-0.3, -0.25) is 19.4 Å². The molecule has 2 unspecified atom stereocenters. The van der Waals surface area contributed by atoms with Gasteiger partial charge in [-0.25, -0.2) is 0 Å². The summed E-state index contributed by atoms with van der Waals surface area (Å²) in [4.78, 5) is 28.5. The number of fused-ring (bicyclic) bond motifs is 5. The molecule has 4 atom stereocenters. The van der Waals surface area contributed by atoms with Crippen LogP contribution in [0.25, 0.3) is 0 Å². The third-order valence-corrected chi connectivity index (χ3v) is 4.75. The zero-order chi connectivity index (χ0) is 13.7. The minimum absolute atomic E-state index is 0.0508. The van der Waals surface area contributed by atoms with Crippen LogP contribution < -0.4 is 0 Å². The van der Waals surface area contributed by atoms with Crippen LogP contribution in [0.4, 0.5) is 0 Å². The van der Waals surface area contributed by atoms with E-state index < -0.39 is 0 Å². The standard InChI is InChI=1S/C14H18N2O4/c17-13-11-9-1-2-10(20-9)12(11)14(18)16(13)4-3-15-5-7-19-8-6-15/h1-2,9-12H,3-8H2/t9?,10?,11-,12+. The van der Waals surface area contributed by atoms with Crippen molar-refractivity contribution < 1.29 is 19.1 Å². The molecule has 4 heterocycles. The van der Waals surface area contributed by atoms with Crippen molar-refractivity contribution in [2.75, 3.05) is 39.4 Å². The number of rotatable bonds is 3. The van der Waals surface area contributed by atoms with E-state index in [0.717, 1.165) is 32.8 Å². The fourth-order valence-corrected chi connectivity index (χ4v) is 3.65. The molecular formula is C14H18N2O4. The lowest BCUT2D eigenvalue weighted by Gasteiger charge is -2.28. The molecule has 0 spiro atoms. The van der Waals surface area contributed by atoms with E-state index in [1.165, 1.54) is 4.90 Å². The Balaban J connectivity index is 1.42. The van der Waals surface area contributed by atoms with Crippen LogP contribution in [-0.2, 0) is 19.1 Å². The van der Waals surface area contributed by atoms with Crippen molar-refractivity contribution in [2.45, 2.75) is 12.2 Å². The molecule has 0 aromatic rings. The molecule has 0 aromatic carbocycles. The fourth-order valence-electron chi connectivity index (χ4n) is 3.65. The number of imide groups is 1. The van der Waals surface area contributed by atoms with Gasteiger partial charge in [-0.1, -0.05) is 12.2 Å². The van der Waals surface area contributed by atoms with E-state index in [4.69, 9.17) is 9.47 Å². The van der Waals surface area contributed by atoms with E-state index in [2.05, 4.69) is 4.90 Å². The minimum atomic E-state index is -0.276. The minimum Gasteiger partial charge on any atom is -0.379 e. The first-order valence-electron chi connectivity index (χ1n) is 7.25. The Morgan fingerprint density at radius 2 is 1.60 bits per heavy atom. The highest BCUT2D eigenvalue weighted by atomic mass is 16.5. The summed E-state index contributed by atoms with van der Waals surface area (Å²) in [6.07, 6.45) is 3.47. The number of hydrogen-bond donors (Lipinski definition) is 0. The van der Waals surface area contributed by atoms with E-state index >= 15 is 0 Å². The van der Waals surface area contributed by atoms with E-state index in [0.29, 0.717) is 6.54 Å². The molecule has 108 valence electrons. The third kappa shape index (κ3) is 1.75. The largest absolute Gasteiger partial charge is 0.379 e. The molecule has 6 nitrogen and oxygen atoms in total. The summed E-state index contributed by atoms with van der Waals surface area (Å²) in [7, 11) is 0. The molecule has 6 heteroatoms. The molecule has 0 aliphatic carbocycles. The van der Waals surface area contributed by atoms with Gasteiger partial charge in [0.15, 0.2) is 0 Å².